The van der Waals surface area contributed by atoms with E-state index >= 15 is 0 Å². The molecule has 0 atom stereocenters. The van der Waals surface area contributed by atoms with Crippen LogP contribution in [-0.4, -0.2) is 61.5 Å². The van der Waals surface area contributed by atoms with Crippen LogP contribution >= 0.6 is 12.4 Å². The van der Waals surface area contributed by atoms with Gasteiger partial charge in [-0.15, -0.1) is 12.4 Å². The van der Waals surface area contributed by atoms with Crippen LogP contribution in [0.4, 0.5) is 0 Å². The molecule has 0 saturated carbocycles. The predicted octanol–water partition coefficient (Wildman–Crippen LogP) is 0.626. The molecule has 7 nitrogen and oxygen atoms in total. The van der Waals surface area contributed by atoms with Crippen molar-refractivity contribution < 1.29 is 18.7 Å². The van der Waals surface area contributed by atoms with E-state index in [1.165, 1.54) is 0 Å². The Balaban J connectivity index is 0.00000242. The predicted molar refractivity (Wildman–Crippen MR) is 81.6 cm³/mol. The molecule has 2 heterocycles. The van der Waals surface area contributed by atoms with Gasteiger partial charge in [-0.1, -0.05) is 0 Å². The van der Waals surface area contributed by atoms with Crippen molar-refractivity contribution in [2.24, 2.45) is 0 Å². The highest BCUT2D eigenvalue weighted by Crippen LogP contribution is 2.09. The number of piperazine rings is 1. The van der Waals surface area contributed by atoms with Crippen LogP contribution in [-0.2, 0) is 4.74 Å². The van der Waals surface area contributed by atoms with Gasteiger partial charge in [-0.05, 0) is 14.0 Å². The zero-order valence-electron chi connectivity index (χ0n) is 12.5. The Labute approximate surface area is 134 Å². The van der Waals surface area contributed by atoms with E-state index in [0.29, 0.717) is 13.1 Å². The van der Waals surface area contributed by atoms with Crippen molar-refractivity contribution in [3.05, 3.63) is 33.9 Å². The number of esters is 1. The summed E-state index contributed by atoms with van der Waals surface area (Å²) in [7, 11) is 1.98. The zero-order chi connectivity index (χ0) is 15.4. The van der Waals surface area contributed by atoms with E-state index in [-0.39, 0.29) is 36.4 Å². The highest BCUT2D eigenvalue weighted by Gasteiger charge is 2.24. The van der Waals surface area contributed by atoms with E-state index in [1.54, 1.807) is 11.8 Å². The SMILES string of the molecule is CCOC(=O)c1cc(=O)cc(C(=O)N2CCN(C)CC2)o1.Cl. The first-order chi connectivity index (χ1) is 10.0. The number of hydrogen-bond acceptors (Lipinski definition) is 6. The molecule has 1 amide bonds. The third-order valence-corrected chi connectivity index (χ3v) is 3.24. The Morgan fingerprint density at radius 2 is 1.77 bits per heavy atom. The summed E-state index contributed by atoms with van der Waals surface area (Å²) < 4.78 is 10.0. The standard InChI is InChI=1S/C14H18N2O5.ClH/c1-3-20-14(19)12-9-10(17)8-11(21-12)13(18)16-6-4-15(2)5-7-16;/h8-9H,3-7H2,1-2H3;1H. The summed E-state index contributed by atoms with van der Waals surface area (Å²) in [5.41, 5.74) is -0.457. The number of nitrogens with zero attached hydrogens (tertiary/aromatic N) is 2. The molecular formula is C14H19ClN2O5. The number of amides is 1. The highest BCUT2D eigenvalue weighted by atomic mass is 35.5. The number of halogens is 1. The van der Waals surface area contributed by atoms with Gasteiger partial charge < -0.3 is 19.0 Å². The fourth-order valence-electron chi connectivity index (χ4n) is 2.05. The minimum Gasteiger partial charge on any atom is -0.460 e. The monoisotopic (exact) mass is 330 g/mol. The van der Waals surface area contributed by atoms with Gasteiger partial charge in [0.05, 0.1) is 6.61 Å². The van der Waals surface area contributed by atoms with Crippen LogP contribution in [0, 0.1) is 0 Å². The Morgan fingerprint density at radius 1 is 1.18 bits per heavy atom. The third kappa shape index (κ3) is 4.32. The normalized spacial score (nSPS) is 15.1. The second-order valence-electron chi connectivity index (χ2n) is 4.84. The number of likely N-dealkylation sites (N-methyl/N-ethyl adjacent to an activating group) is 1. The molecule has 1 saturated heterocycles. The molecule has 1 aromatic heterocycles. The molecule has 22 heavy (non-hydrogen) atoms. The molecule has 0 aromatic carbocycles. The Morgan fingerprint density at radius 3 is 2.36 bits per heavy atom. The first-order valence-electron chi connectivity index (χ1n) is 6.81. The second-order valence-corrected chi connectivity index (χ2v) is 4.84. The minimum absolute atomic E-state index is 0. The third-order valence-electron chi connectivity index (χ3n) is 3.24. The summed E-state index contributed by atoms with van der Waals surface area (Å²) in [5.74, 6) is -1.51. The van der Waals surface area contributed by atoms with E-state index in [2.05, 4.69) is 4.90 Å². The summed E-state index contributed by atoms with van der Waals surface area (Å²) in [6.07, 6.45) is 0. The molecular weight excluding hydrogens is 312 g/mol. The van der Waals surface area contributed by atoms with Crippen molar-refractivity contribution in [1.82, 2.24) is 9.80 Å². The fraction of sp³-hybridized carbons (Fsp3) is 0.500. The number of ether oxygens (including phenoxy) is 1. The molecule has 1 aliphatic rings. The average molecular weight is 331 g/mol. The molecule has 1 aromatic rings. The van der Waals surface area contributed by atoms with Crippen molar-refractivity contribution in [3.8, 4) is 0 Å². The van der Waals surface area contributed by atoms with E-state index in [0.717, 1.165) is 25.2 Å². The second kappa shape index (κ2) is 7.95. The quantitative estimate of drug-likeness (QED) is 0.756. The summed E-state index contributed by atoms with van der Waals surface area (Å²) in [4.78, 5) is 39.2. The smallest absolute Gasteiger partial charge is 0.374 e. The van der Waals surface area contributed by atoms with Gasteiger partial charge >= 0.3 is 5.97 Å². The molecule has 122 valence electrons. The van der Waals surface area contributed by atoms with E-state index in [4.69, 9.17) is 9.15 Å². The van der Waals surface area contributed by atoms with Gasteiger partial charge in [0.25, 0.3) is 5.91 Å². The lowest BCUT2D eigenvalue weighted by Gasteiger charge is -2.31. The zero-order valence-corrected chi connectivity index (χ0v) is 13.4. The summed E-state index contributed by atoms with van der Waals surface area (Å²) in [5, 5.41) is 0. The first kappa shape index (κ1) is 18.2. The molecule has 2 rings (SSSR count). The topological polar surface area (TPSA) is 80.1 Å². The molecule has 1 fully saturated rings. The average Bonchev–Trinajstić information content (AvgIpc) is 2.47. The van der Waals surface area contributed by atoms with Gasteiger partial charge in [-0.3, -0.25) is 9.59 Å². The summed E-state index contributed by atoms with van der Waals surface area (Å²) >= 11 is 0. The van der Waals surface area contributed by atoms with Crippen molar-refractivity contribution in [2.45, 2.75) is 6.92 Å². The molecule has 0 aliphatic carbocycles. The maximum atomic E-state index is 12.3. The number of hydrogen-bond donors (Lipinski definition) is 0. The van der Waals surface area contributed by atoms with Gasteiger partial charge in [0.1, 0.15) is 0 Å². The largest absolute Gasteiger partial charge is 0.460 e. The van der Waals surface area contributed by atoms with Crippen molar-refractivity contribution in [1.29, 1.82) is 0 Å². The van der Waals surface area contributed by atoms with Gasteiger partial charge in [0.15, 0.2) is 11.2 Å². The number of carbonyl (C=O) groups is 2. The number of carbonyl (C=O) groups excluding carboxylic acids is 2. The van der Waals surface area contributed by atoms with Gasteiger partial charge in [-0.25, -0.2) is 4.79 Å². The minimum atomic E-state index is -0.748. The van der Waals surface area contributed by atoms with E-state index in [1.807, 2.05) is 7.05 Å². The lowest BCUT2D eigenvalue weighted by atomic mass is 10.2. The maximum absolute atomic E-state index is 12.3. The van der Waals surface area contributed by atoms with Crippen molar-refractivity contribution >= 4 is 24.3 Å². The van der Waals surface area contributed by atoms with Crippen LogP contribution in [0.2, 0.25) is 0 Å². The van der Waals surface area contributed by atoms with Crippen LogP contribution in [0.5, 0.6) is 0 Å². The van der Waals surface area contributed by atoms with Crippen LogP contribution < -0.4 is 5.43 Å². The van der Waals surface area contributed by atoms with Gasteiger partial charge in [0.2, 0.25) is 5.76 Å². The maximum Gasteiger partial charge on any atom is 0.374 e. The molecule has 0 N–H and O–H groups in total. The molecule has 1 aliphatic heterocycles. The number of rotatable bonds is 3. The Bertz CT molecular complexity index is 593. The lowest BCUT2D eigenvalue weighted by molar-refractivity contribution is 0.0477. The molecule has 0 radical (unpaired) electrons. The Hall–Kier alpha value is -1.86. The Kier molecular flexibility index (Phi) is 6.58. The molecule has 0 bridgehead atoms. The van der Waals surface area contributed by atoms with Crippen LogP contribution in [0.25, 0.3) is 0 Å². The molecule has 0 unspecified atom stereocenters. The summed E-state index contributed by atoms with van der Waals surface area (Å²) in [6.45, 7) is 4.45. The van der Waals surface area contributed by atoms with Crippen molar-refractivity contribution in [3.63, 3.8) is 0 Å². The highest BCUT2D eigenvalue weighted by molar-refractivity contribution is 5.93. The van der Waals surface area contributed by atoms with Crippen LogP contribution in [0.1, 0.15) is 28.0 Å². The first-order valence-corrected chi connectivity index (χ1v) is 6.81. The molecule has 8 heteroatoms. The lowest BCUT2D eigenvalue weighted by Crippen LogP contribution is -2.47. The summed E-state index contributed by atoms with van der Waals surface area (Å²) in [6, 6.07) is 2.13. The van der Waals surface area contributed by atoms with Crippen molar-refractivity contribution in [2.75, 3.05) is 39.8 Å². The van der Waals surface area contributed by atoms with Gasteiger partial charge in [-0.2, -0.15) is 0 Å². The van der Waals surface area contributed by atoms with Gasteiger partial charge in [0, 0.05) is 38.3 Å². The van der Waals surface area contributed by atoms with E-state index < -0.39 is 11.4 Å². The fourth-order valence-corrected chi connectivity index (χ4v) is 2.05. The molecule has 0 spiro atoms. The van der Waals surface area contributed by atoms with E-state index in [9.17, 15) is 14.4 Å². The van der Waals surface area contributed by atoms with Crippen LogP contribution in [0.15, 0.2) is 21.3 Å². The van der Waals surface area contributed by atoms with Crippen LogP contribution in [0.3, 0.4) is 0 Å².